The van der Waals surface area contributed by atoms with Gasteiger partial charge in [-0.2, -0.15) is 0 Å². The molecule has 0 atom stereocenters. The van der Waals surface area contributed by atoms with Crippen LogP contribution in [0, 0.1) is 0 Å². The number of anilines is 1. The summed E-state index contributed by atoms with van der Waals surface area (Å²) < 4.78 is 5.61. The number of hydrogen-bond acceptors (Lipinski definition) is 4. The SMILES string of the molecule is O=C(O)c1ccc(CN2CCOc3ccccc32)cn1. The van der Waals surface area contributed by atoms with Gasteiger partial charge in [0.25, 0.3) is 0 Å². The van der Waals surface area contributed by atoms with Gasteiger partial charge in [0, 0.05) is 12.7 Å². The number of ether oxygens (including phenoxy) is 1. The number of hydrogen-bond donors (Lipinski definition) is 1. The van der Waals surface area contributed by atoms with Crippen molar-refractivity contribution >= 4 is 11.7 Å². The van der Waals surface area contributed by atoms with Crippen LogP contribution >= 0.6 is 0 Å². The highest BCUT2D eigenvalue weighted by molar-refractivity contribution is 5.85. The van der Waals surface area contributed by atoms with Crippen molar-refractivity contribution in [3.05, 3.63) is 53.9 Å². The van der Waals surface area contributed by atoms with Crippen molar-refractivity contribution in [3.8, 4) is 5.75 Å². The highest BCUT2D eigenvalue weighted by atomic mass is 16.5. The number of fused-ring (bicyclic) bond motifs is 1. The van der Waals surface area contributed by atoms with Crippen LogP contribution in [0.25, 0.3) is 0 Å². The molecule has 20 heavy (non-hydrogen) atoms. The number of carboxylic acid groups (broad SMARTS) is 1. The number of benzene rings is 1. The zero-order valence-electron chi connectivity index (χ0n) is 10.8. The van der Waals surface area contributed by atoms with Crippen LogP contribution in [0.2, 0.25) is 0 Å². The normalized spacial score (nSPS) is 13.5. The Balaban J connectivity index is 1.80. The van der Waals surface area contributed by atoms with E-state index in [0.29, 0.717) is 13.2 Å². The number of para-hydroxylation sites is 2. The monoisotopic (exact) mass is 270 g/mol. The molecule has 0 radical (unpaired) electrons. The Morgan fingerprint density at radius 3 is 2.90 bits per heavy atom. The highest BCUT2D eigenvalue weighted by Crippen LogP contribution is 2.31. The predicted molar refractivity (Wildman–Crippen MR) is 74.2 cm³/mol. The quantitative estimate of drug-likeness (QED) is 0.926. The molecule has 0 spiro atoms. The molecule has 5 heteroatoms. The molecular weight excluding hydrogens is 256 g/mol. The lowest BCUT2D eigenvalue weighted by atomic mass is 10.2. The van der Waals surface area contributed by atoms with Gasteiger partial charge in [0.15, 0.2) is 0 Å². The summed E-state index contributed by atoms with van der Waals surface area (Å²) in [5, 5.41) is 8.84. The van der Waals surface area contributed by atoms with Crippen LogP contribution in [0.3, 0.4) is 0 Å². The zero-order valence-corrected chi connectivity index (χ0v) is 10.8. The predicted octanol–water partition coefficient (Wildman–Crippen LogP) is 2.18. The first-order valence-electron chi connectivity index (χ1n) is 6.39. The summed E-state index contributed by atoms with van der Waals surface area (Å²) in [5.41, 5.74) is 2.10. The molecule has 0 fully saturated rings. The first-order chi connectivity index (χ1) is 9.74. The van der Waals surface area contributed by atoms with Crippen molar-refractivity contribution in [3.63, 3.8) is 0 Å². The maximum atomic E-state index is 10.8. The molecule has 1 N–H and O–H groups in total. The van der Waals surface area contributed by atoms with Crippen molar-refractivity contribution in [2.24, 2.45) is 0 Å². The fourth-order valence-corrected chi connectivity index (χ4v) is 2.26. The summed E-state index contributed by atoms with van der Waals surface area (Å²) in [4.78, 5) is 16.9. The lowest BCUT2D eigenvalue weighted by Gasteiger charge is -2.31. The summed E-state index contributed by atoms with van der Waals surface area (Å²) in [7, 11) is 0. The summed E-state index contributed by atoms with van der Waals surface area (Å²) in [6, 6.07) is 11.2. The van der Waals surface area contributed by atoms with E-state index < -0.39 is 5.97 Å². The topological polar surface area (TPSA) is 62.7 Å². The zero-order chi connectivity index (χ0) is 13.9. The Hall–Kier alpha value is -2.56. The van der Waals surface area contributed by atoms with Crippen molar-refractivity contribution in [2.75, 3.05) is 18.1 Å². The van der Waals surface area contributed by atoms with Crippen molar-refractivity contribution in [1.29, 1.82) is 0 Å². The number of pyridine rings is 1. The second-order valence-electron chi connectivity index (χ2n) is 4.59. The van der Waals surface area contributed by atoms with Gasteiger partial charge in [-0.1, -0.05) is 18.2 Å². The second-order valence-corrected chi connectivity index (χ2v) is 4.59. The summed E-state index contributed by atoms with van der Waals surface area (Å²) in [6.07, 6.45) is 1.61. The van der Waals surface area contributed by atoms with E-state index in [-0.39, 0.29) is 5.69 Å². The maximum Gasteiger partial charge on any atom is 0.354 e. The molecule has 5 nitrogen and oxygen atoms in total. The maximum absolute atomic E-state index is 10.8. The Bertz CT molecular complexity index is 625. The fourth-order valence-electron chi connectivity index (χ4n) is 2.26. The highest BCUT2D eigenvalue weighted by Gasteiger charge is 2.17. The van der Waals surface area contributed by atoms with Gasteiger partial charge in [-0.3, -0.25) is 0 Å². The lowest BCUT2D eigenvalue weighted by molar-refractivity contribution is 0.0690. The van der Waals surface area contributed by atoms with Crippen molar-refractivity contribution in [2.45, 2.75) is 6.54 Å². The minimum atomic E-state index is -1.01. The third-order valence-corrected chi connectivity index (χ3v) is 3.24. The molecule has 3 rings (SSSR count). The van der Waals surface area contributed by atoms with E-state index in [2.05, 4.69) is 9.88 Å². The van der Waals surface area contributed by atoms with E-state index in [9.17, 15) is 4.79 Å². The summed E-state index contributed by atoms with van der Waals surface area (Å²) >= 11 is 0. The van der Waals surface area contributed by atoms with Crippen LogP contribution < -0.4 is 9.64 Å². The van der Waals surface area contributed by atoms with E-state index >= 15 is 0 Å². The molecule has 0 saturated heterocycles. The minimum absolute atomic E-state index is 0.0659. The van der Waals surface area contributed by atoms with Gasteiger partial charge in [-0.25, -0.2) is 9.78 Å². The lowest BCUT2D eigenvalue weighted by Crippen LogP contribution is -2.32. The van der Waals surface area contributed by atoms with Crippen LogP contribution in [0.15, 0.2) is 42.6 Å². The number of aromatic nitrogens is 1. The molecule has 102 valence electrons. The van der Waals surface area contributed by atoms with E-state index in [0.717, 1.165) is 23.5 Å². The number of rotatable bonds is 3. The second kappa shape index (κ2) is 5.21. The Morgan fingerprint density at radius 1 is 1.30 bits per heavy atom. The third kappa shape index (κ3) is 2.42. The van der Waals surface area contributed by atoms with Gasteiger partial charge in [0.2, 0.25) is 0 Å². The van der Waals surface area contributed by atoms with Gasteiger partial charge < -0.3 is 14.7 Å². The van der Waals surface area contributed by atoms with Gasteiger partial charge in [-0.05, 0) is 23.8 Å². The number of nitrogens with zero attached hydrogens (tertiary/aromatic N) is 2. The van der Waals surface area contributed by atoms with E-state index in [1.807, 2.05) is 24.3 Å². The summed E-state index contributed by atoms with van der Waals surface area (Å²) in [6.45, 7) is 2.14. The molecule has 2 heterocycles. The smallest absolute Gasteiger partial charge is 0.354 e. The molecule has 1 aliphatic heterocycles. The van der Waals surface area contributed by atoms with Gasteiger partial charge in [0.05, 0.1) is 12.2 Å². The molecule has 0 amide bonds. The van der Waals surface area contributed by atoms with Crippen molar-refractivity contribution in [1.82, 2.24) is 4.98 Å². The van der Waals surface area contributed by atoms with Crippen LogP contribution in [0.5, 0.6) is 5.75 Å². The van der Waals surface area contributed by atoms with Crippen molar-refractivity contribution < 1.29 is 14.6 Å². The average molecular weight is 270 g/mol. The summed E-state index contributed by atoms with van der Waals surface area (Å²) in [5.74, 6) is -0.123. The Labute approximate surface area is 116 Å². The first-order valence-corrected chi connectivity index (χ1v) is 6.39. The number of carbonyl (C=O) groups is 1. The third-order valence-electron chi connectivity index (χ3n) is 3.24. The molecule has 0 unspecified atom stereocenters. The first kappa shape index (κ1) is 12.5. The molecule has 1 aromatic carbocycles. The van der Waals surface area contributed by atoms with Gasteiger partial charge in [0.1, 0.15) is 18.1 Å². The largest absolute Gasteiger partial charge is 0.490 e. The van der Waals surface area contributed by atoms with Gasteiger partial charge in [-0.15, -0.1) is 0 Å². The van der Waals surface area contributed by atoms with Crippen LogP contribution in [-0.4, -0.2) is 29.2 Å². The molecule has 2 aromatic rings. The van der Waals surface area contributed by atoms with E-state index in [1.165, 1.54) is 6.07 Å². The van der Waals surface area contributed by atoms with Crippen LogP contribution in [-0.2, 0) is 6.54 Å². The minimum Gasteiger partial charge on any atom is -0.490 e. The van der Waals surface area contributed by atoms with E-state index in [1.54, 1.807) is 12.3 Å². The van der Waals surface area contributed by atoms with E-state index in [4.69, 9.17) is 9.84 Å². The number of aromatic carboxylic acids is 1. The number of carboxylic acids is 1. The van der Waals surface area contributed by atoms with Crippen LogP contribution in [0.4, 0.5) is 5.69 Å². The van der Waals surface area contributed by atoms with Gasteiger partial charge >= 0.3 is 5.97 Å². The molecule has 1 aliphatic rings. The standard InChI is InChI=1S/C15H14N2O3/c18-15(19)12-6-5-11(9-16-12)10-17-7-8-20-14-4-2-1-3-13(14)17/h1-6,9H,7-8,10H2,(H,18,19). The Kier molecular flexibility index (Phi) is 3.25. The van der Waals surface area contributed by atoms with Crippen LogP contribution in [0.1, 0.15) is 16.1 Å². The molecule has 0 aliphatic carbocycles. The molecule has 1 aromatic heterocycles. The fraction of sp³-hybridized carbons (Fsp3) is 0.200. The molecular formula is C15H14N2O3. The Morgan fingerprint density at radius 2 is 2.15 bits per heavy atom. The average Bonchev–Trinajstić information content (AvgIpc) is 2.48. The molecule has 0 bridgehead atoms. The molecule has 0 saturated carbocycles.